The molecule has 0 aliphatic carbocycles. The van der Waals surface area contributed by atoms with Crippen molar-refractivity contribution in [3.8, 4) is 0 Å². The first kappa shape index (κ1) is 10.6. The van der Waals surface area contributed by atoms with Crippen LogP contribution in [0.25, 0.3) is 0 Å². The van der Waals surface area contributed by atoms with Gasteiger partial charge in [0, 0.05) is 23.6 Å². The van der Waals surface area contributed by atoms with Crippen molar-refractivity contribution in [3.05, 3.63) is 0 Å². The molecule has 2 nitrogen and oxygen atoms in total. The number of likely N-dealkylation sites (tertiary alicyclic amines) is 1. The van der Waals surface area contributed by atoms with E-state index in [-0.39, 0.29) is 13.1 Å². The van der Waals surface area contributed by atoms with Crippen LogP contribution >= 0.6 is 11.8 Å². The largest absolute Gasteiger partial charge is 0.314 e. The molecule has 82 valence electrons. The number of halogens is 2. The lowest BCUT2D eigenvalue weighted by molar-refractivity contribution is -0.0306. The molecular formula is C9H16F2N2S. The summed E-state index contributed by atoms with van der Waals surface area (Å²) in [4.78, 5) is 1.96. The van der Waals surface area contributed by atoms with Crippen molar-refractivity contribution >= 4 is 11.8 Å². The maximum absolute atomic E-state index is 13.3. The average Bonchev–Trinajstić information content (AvgIpc) is 2.63. The van der Waals surface area contributed by atoms with Crippen LogP contribution < -0.4 is 5.32 Å². The molecule has 14 heavy (non-hydrogen) atoms. The number of alkyl halides is 2. The fraction of sp³-hybridized carbons (Fsp3) is 1.00. The zero-order valence-electron chi connectivity index (χ0n) is 8.30. The molecule has 2 aliphatic rings. The molecule has 1 N–H and O–H groups in total. The lowest BCUT2D eigenvalue weighted by Crippen LogP contribution is -2.46. The molecule has 0 aromatic carbocycles. The van der Waals surface area contributed by atoms with Crippen molar-refractivity contribution < 1.29 is 8.78 Å². The number of thioether (sulfide) groups is 1. The van der Waals surface area contributed by atoms with E-state index >= 15 is 0 Å². The number of nitrogens with one attached hydrogen (secondary N) is 1. The van der Waals surface area contributed by atoms with Crippen LogP contribution in [0.4, 0.5) is 8.78 Å². The number of hydrogen-bond donors (Lipinski definition) is 1. The summed E-state index contributed by atoms with van der Waals surface area (Å²) in [6.45, 7) is 0.568. The highest BCUT2D eigenvalue weighted by Gasteiger charge is 2.42. The van der Waals surface area contributed by atoms with E-state index in [4.69, 9.17) is 0 Å². The Labute approximate surface area is 87.4 Å². The maximum Gasteiger partial charge on any atom is 0.272 e. The molecular weight excluding hydrogens is 206 g/mol. The fourth-order valence-electron chi connectivity index (χ4n) is 2.28. The first-order valence-corrected chi connectivity index (χ1v) is 6.04. The Morgan fingerprint density at radius 2 is 2.36 bits per heavy atom. The van der Waals surface area contributed by atoms with Crippen LogP contribution in [0, 0.1) is 0 Å². The molecule has 0 amide bonds. The first-order chi connectivity index (χ1) is 6.61. The summed E-state index contributed by atoms with van der Waals surface area (Å²) in [5, 5.41) is 3.16. The maximum atomic E-state index is 13.3. The van der Waals surface area contributed by atoms with Gasteiger partial charge in [0.1, 0.15) is 0 Å². The van der Waals surface area contributed by atoms with E-state index < -0.39 is 5.92 Å². The quantitative estimate of drug-likeness (QED) is 0.765. The van der Waals surface area contributed by atoms with Gasteiger partial charge < -0.3 is 5.32 Å². The van der Waals surface area contributed by atoms with Gasteiger partial charge in [0.15, 0.2) is 0 Å². The monoisotopic (exact) mass is 222 g/mol. The van der Waals surface area contributed by atoms with Gasteiger partial charge in [-0.1, -0.05) is 0 Å². The van der Waals surface area contributed by atoms with E-state index in [2.05, 4.69) is 5.32 Å². The Bertz CT molecular complexity index is 213. The lowest BCUT2D eigenvalue weighted by Gasteiger charge is -2.30. The third kappa shape index (κ3) is 2.20. The molecule has 0 aromatic rings. The summed E-state index contributed by atoms with van der Waals surface area (Å²) in [5.74, 6) is -1.54. The molecule has 0 spiro atoms. The van der Waals surface area contributed by atoms with Crippen molar-refractivity contribution in [2.24, 2.45) is 0 Å². The Hall–Kier alpha value is 0.130. The highest BCUT2D eigenvalue weighted by Crippen LogP contribution is 2.38. The second kappa shape index (κ2) is 3.94. The van der Waals surface area contributed by atoms with Crippen LogP contribution in [0.2, 0.25) is 0 Å². The number of rotatable bonds is 4. The van der Waals surface area contributed by atoms with Gasteiger partial charge in [0.2, 0.25) is 0 Å². The fourth-order valence-corrected chi connectivity index (χ4v) is 3.78. The summed E-state index contributed by atoms with van der Waals surface area (Å²) in [5.41, 5.74) is 0. The summed E-state index contributed by atoms with van der Waals surface area (Å²) < 4.78 is 26.6. The minimum Gasteiger partial charge on any atom is -0.314 e. The van der Waals surface area contributed by atoms with Crippen LogP contribution in [0.1, 0.15) is 6.42 Å². The van der Waals surface area contributed by atoms with Gasteiger partial charge in [-0.2, -0.15) is 11.8 Å². The van der Waals surface area contributed by atoms with Crippen molar-refractivity contribution in [1.29, 1.82) is 0 Å². The molecule has 2 heterocycles. The van der Waals surface area contributed by atoms with Crippen molar-refractivity contribution in [2.75, 3.05) is 32.4 Å². The average molecular weight is 222 g/mol. The summed E-state index contributed by atoms with van der Waals surface area (Å²) in [6, 6.07) is 0.410. The zero-order valence-corrected chi connectivity index (χ0v) is 9.12. The number of hydrogen-bond acceptors (Lipinski definition) is 3. The molecule has 2 unspecified atom stereocenters. The Kier molecular flexibility index (Phi) is 3.00. The molecule has 0 radical (unpaired) electrons. The Morgan fingerprint density at radius 3 is 2.86 bits per heavy atom. The van der Waals surface area contributed by atoms with Gasteiger partial charge in [-0.3, -0.25) is 4.90 Å². The summed E-state index contributed by atoms with van der Waals surface area (Å²) >= 11 is 1.93. The van der Waals surface area contributed by atoms with Gasteiger partial charge in [-0.05, 0) is 13.5 Å². The first-order valence-electron chi connectivity index (χ1n) is 4.99. The Balaban J connectivity index is 1.86. The highest BCUT2D eigenvalue weighted by molar-refractivity contribution is 8.00. The SMILES string of the molecule is CNCC(F)(F)CN1CC2CC1CS2. The molecule has 2 aliphatic heterocycles. The van der Waals surface area contributed by atoms with Crippen LogP contribution in [0.5, 0.6) is 0 Å². The smallest absolute Gasteiger partial charge is 0.272 e. The molecule has 2 saturated heterocycles. The van der Waals surface area contributed by atoms with Gasteiger partial charge >= 0.3 is 0 Å². The third-order valence-corrected chi connectivity index (χ3v) is 4.27. The van der Waals surface area contributed by atoms with Crippen molar-refractivity contribution in [2.45, 2.75) is 23.6 Å². The summed E-state index contributed by atoms with van der Waals surface area (Å²) in [6.07, 6.45) is 1.11. The van der Waals surface area contributed by atoms with E-state index in [1.54, 1.807) is 7.05 Å². The van der Waals surface area contributed by atoms with E-state index in [1.165, 1.54) is 0 Å². The predicted octanol–water partition coefficient (Wildman–Crippen LogP) is 1.03. The molecule has 2 fully saturated rings. The normalized spacial score (nSPS) is 32.8. The third-order valence-electron chi connectivity index (χ3n) is 2.88. The minimum atomic E-state index is -2.58. The van der Waals surface area contributed by atoms with Gasteiger partial charge in [-0.25, -0.2) is 8.78 Å². The van der Waals surface area contributed by atoms with E-state index in [1.807, 2.05) is 16.7 Å². The second-order valence-electron chi connectivity index (χ2n) is 4.16. The standard InChI is InChI=1S/C9H16F2N2S/c1-12-5-9(10,11)6-13-3-8-2-7(13)4-14-8/h7-8,12H,2-6H2,1H3. The predicted molar refractivity (Wildman–Crippen MR) is 55.1 cm³/mol. The van der Waals surface area contributed by atoms with Gasteiger partial charge in [0.25, 0.3) is 5.92 Å². The van der Waals surface area contributed by atoms with E-state index in [0.717, 1.165) is 18.7 Å². The Morgan fingerprint density at radius 1 is 1.57 bits per heavy atom. The van der Waals surface area contributed by atoms with E-state index in [0.29, 0.717) is 11.3 Å². The van der Waals surface area contributed by atoms with Crippen LogP contribution in [0.15, 0.2) is 0 Å². The summed E-state index contributed by atoms with van der Waals surface area (Å²) in [7, 11) is 1.57. The van der Waals surface area contributed by atoms with Crippen LogP contribution in [0.3, 0.4) is 0 Å². The zero-order chi connectivity index (χ0) is 10.2. The number of nitrogens with zero attached hydrogens (tertiary/aromatic N) is 1. The lowest BCUT2D eigenvalue weighted by atomic mass is 10.2. The highest BCUT2D eigenvalue weighted by atomic mass is 32.2. The molecule has 2 bridgehead atoms. The van der Waals surface area contributed by atoms with Crippen LogP contribution in [-0.2, 0) is 0 Å². The van der Waals surface area contributed by atoms with Gasteiger partial charge in [0.05, 0.1) is 13.1 Å². The van der Waals surface area contributed by atoms with Crippen LogP contribution in [-0.4, -0.2) is 54.5 Å². The van der Waals surface area contributed by atoms with E-state index in [9.17, 15) is 8.78 Å². The molecule has 0 saturated carbocycles. The molecule has 0 aromatic heterocycles. The molecule has 2 rings (SSSR count). The van der Waals surface area contributed by atoms with Crippen molar-refractivity contribution in [1.82, 2.24) is 10.2 Å². The number of fused-ring (bicyclic) bond motifs is 2. The van der Waals surface area contributed by atoms with Gasteiger partial charge in [-0.15, -0.1) is 0 Å². The molecule has 5 heteroatoms. The topological polar surface area (TPSA) is 15.3 Å². The molecule has 2 atom stereocenters. The van der Waals surface area contributed by atoms with Crippen molar-refractivity contribution in [3.63, 3.8) is 0 Å². The second-order valence-corrected chi connectivity index (χ2v) is 5.49. The minimum absolute atomic E-state index is 0.0738.